The molecule has 0 fully saturated rings. The van der Waals surface area contributed by atoms with Gasteiger partial charge in [0.1, 0.15) is 0 Å². The van der Waals surface area contributed by atoms with Crippen LogP contribution in [0.25, 0.3) is 0 Å². The zero-order chi connectivity index (χ0) is 21.1. The Morgan fingerprint density at radius 1 is 0.862 bits per heavy atom. The topological polar surface area (TPSA) is 109 Å². The summed E-state index contributed by atoms with van der Waals surface area (Å²) in [5.74, 6) is -0.518. The lowest BCUT2D eigenvalue weighted by atomic mass is 10.2. The Hall–Kier alpha value is -3.39. The van der Waals surface area contributed by atoms with Crippen molar-refractivity contribution in [3.8, 4) is 0 Å². The standard InChI is InChI=1S/C21H26N4O4/c1-15(26)24-18-10-8-17(9-11-18)23-14-20(27)25-19-6-4-16(5-7-19)21(28)22-12-3-13-29-2/h4-11,23H,3,12-14H2,1-2H3,(H,22,28)(H,24,26)(H,25,27). The molecule has 0 aromatic heterocycles. The molecule has 2 aromatic rings. The van der Waals surface area contributed by atoms with E-state index < -0.39 is 0 Å². The minimum atomic E-state index is -0.215. The third-order valence-corrected chi connectivity index (χ3v) is 3.90. The normalized spacial score (nSPS) is 10.1. The van der Waals surface area contributed by atoms with Gasteiger partial charge in [0, 0.05) is 49.8 Å². The maximum Gasteiger partial charge on any atom is 0.251 e. The summed E-state index contributed by atoms with van der Waals surface area (Å²) in [7, 11) is 1.62. The van der Waals surface area contributed by atoms with Gasteiger partial charge in [-0.15, -0.1) is 0 Å². The van der Waals surface area contributed by atoms with E-state index in [0.717, 1.165) is 12.1 Å². The van der Waals surface area contributed by atoms with Crippen molar-refractivity contribution in [2.24, 2.45) is 0 Å². The summed E-state index contributed by atoms with van der Waals surface area (Å²) >= 11 is 0. The van der Waals surface area contributed by atoms with Crippen molar-refractivity contribution in [1.82, 2.24) is 5.32 Å². The number of benzene rings is 2. The number of carbonyl (C=O) groups is 3. The van der Waals surface area contributed by atoms with E-state index in [1.54, 1.807) is 55.6 Å². The summed E-state index contributed by atoms with van der Waals surface area (Å²) in [4.78, 5) is 35.1. The first-order chi connectivity index (χ1) is 14.0. The highest BCUT2D eigenvalue weighted by atomic mass is 16.5. The molecule has 29 heavy (non-hydrogen) atoms. The van der Waals surface area contributed by atoms with Crippen molar-refractivity contribution >= 4 is 34.8 Å². The lowest BCUT2D eigenvalue weighted by molar-refractivity contribution is -0.115. The lowest BCUT2D eigenvalue weighted by Gasteiger charge is -2.10. The van der Waals surface area contributed by atoms with E-state index in [0.29, 0.717) is 30.1 Å². The number of amides is 3. The van der Waals surface area contributed by atoms with Crippen LogP contribution in [0, 0.1) is 0 Å². The first kappa shape index (κ1) is 21.9. The predicted octanol–water partition coefficient (Wildman–Crippen LogP) is 2.46. The summed E-state index contributed by atoms with van der Waals surface area (Å²) in [5.41, 5.74) is 2.58. The number of carbonyl (C=O) groups excluding carboxylic acids is 3. The van der Waals surface area contributed by atoms with Crippen LogP contribution in [-0.4, -0.2) is 44.5 Å². The van der Waals surface area contributed by atoms with Gasteiger partial charge in [0.05, 0.1) is 6.54 Å². The molecule has 4 N–H and O–H groups in total. The van der Waals surface area contributed by atoms with Crippen LogP contribution in [0.2, 0.25) is 0 Å². The summed E-state index contributed by atoms with van der Waals surface area (Å²) in [6, 6.07) is 13.7. The molecule has 0 aliphatic carbocycles. The predicted molar refractivity (Wildman–Crippen MR) is 113 cm³/mol. The van der Waals surface area contributed by atoms with Crippen molar-refractivity contribution < 1.29 is 19.1 Å². The van der Waals surface area contributed by atoms with E-state index in [2.05, 4.69) is 21.3 Å². The van der Waals surface area contributed by atoms with Gasteiger partial charge in [-0.3, -0.25) is 14.4 Å². The third kappa shape index (κ3) is 8.02. The van der Waals surface area contributed by atoms with Gasteiger partial charge >= 0.3 is 0 Å². The molecule has 3 amide bonds. The Bertz CT molecular complexity index is 820. The van der Waals surface area contributed by atoms with Crippen molar-refractivity contribution in [1.29, 1.82) is 0 Å². The van der Waals surface area contributed by atoms with E-state index in [9.17, 15) is 14.4 Å². The van der Waals surface area contributed by atoms with Crippen LogP contribution in [0.4, 0.5) is 17.1 Å². The van der Waals surface area contributed by atoms with Crippen LogP contribution < -0.4 is 21.3 Å². The molecule has 0 bridgehead atoms. The van der Waals surface area contributed by atoms with E-state index >= 15 is 0 Å². The van der Waals surface area contributed by atoms with Gasteiger partial charge in [-0.05, 0) is 55.0 Å². The van der Waals surface area contributed by atoms with E-state index in [1.807, 2.05) is 0 Å². The molecule has 0 radical (unpaired) electrons. The molecule has 2 aromatic carbocycles. The molecular weight excluding hydrogens is 372 g/mol. The van der Waals surface area contributed by atoms with Gasteiger partial charge in [0.15, 0.2) is 0 Å². The Labute approximate surface area is 170 Å². The highest BCUT2D eigenvalue weighted by Gasteiger charge is 2.07. The zero-order valence-corrected chi connectivity index (χ0v) is 16.6. The van der Waals surface area contributed by atoms with E-state index in [1.165, 1.54) is 6.92 Å². The summed E-state index contributed by atoms with van der Waals surface area (Å²) in [6.45, 7) is 2.67. The van der Waals surface area contributed by atoms with Crippen LogP contribution in [0.5, 0.6) is 0 Å². The average molecular weight is 398 g/mol. The molecule has 0 spiro atoms. The minimum absolute atomic E-state index is 0.0845. The van der Waals surface area contributed by atoms with E-state index in [4.69, 9.17) is 4.74 Å². The number of nitrogens with one attached hydrogen (secondary N) is 4. The van der Waals surface area contributed by atoms with Crippen LogP contribution in [0.3, 0.4) is 0 Å². The van der Waals surface area contributed by atoms with Gasteiger partial charge in [0.25, 0.3) is 5.91 Å². The number of hydrogen-bond acceptors (Lipinski definition) is 5. The van der Waals surface area contributed by atoms with E-state index in [-0.39, 0.29) is 24.3 Å². The van der Waals surface area contributed by atoms with Gasteiger partial charge < -0.3 is 26.0 Å². The second kappa shape index (κ2) is 11.5. The smallest absolute Gasteiger partial charge is 0.251 e. The zero-order valence-electron chi connectivity index (χ0n) is 16.6. The molecular formula is C21H26N4O4. The molecule has 0 aliphatic rings. The molecule has 154 valence electrons. The highest BCUT2D eigenvalue weighted by Crippen LogP contribution is 2.14. The largest absolute Gasteiger partial charge is 0.385 e. The number of methoxy groups -OCH3 is 1. The summed E-state index contributed by atoms with van der Waals surface area (Å²) in [6.07, 6.45) is 0.749. The Morgan fingerprint density at radius 2 is 1.45 bits per heavy atom. The molecule has 0 saturated carbocycles. The Morgan fingerprint density at radius 3 is 2.07 bits per heavy atom. The first-order valence-corrected chi connectivity index (χ1v) is 9.26. The quantitative estimate of drug-likeness (QED) is 0.460. The first-order valence-electron chi connectivity index (χ1n) is 9.26. The molecule has 8 nitrogen and oxygen atoms in total. The fourth-order valence-electron chi connectivity index (χ4n) is 2.49. The third-order valence-electron chi connectivity index (χ3n) is 3.90. The molecule has 0 aliphatic heterocycles. The Balaban J connectivity index is 1.77. The maximum absolute atomic E-state index is 12.1. The lowest BCUT2D eigenvalue weighted by Crippen LogP contribution is -2.25. The maximum atomic E-state index is 12.1. The Kier molecular flexibility index (Phi) is 8.65. The highest BCUT2D eigenvalue weighted by molar-refractivity contribution is 5.96. The second-order valence-electron chi connectivity index (χ2n) is 6.34. The SMILES string of the molecule is COCCCNC(=O)c1ccc(NC(=O)CNc2ccc(NC(C)=O)cc2)cc1. The van der Waals surface area contributed by atoms with Gasteiger partial charge in [-0.2, -0.15) is 0 Å². The molecule has 0 heterocycles. The summed E-state index contributed by atoms with van der Waals surface area (Å²) in [5, 5.41) is 11.3. The number of ether oxygens (including phenoxy) is 1. The molecule has 0 atom stereocenters. The second-order valence-corrected chi connectivity index (χ2v) is 6.34. The van der Waals surface area contributed by atoms with Gasteiger partial charge in [-0.25, -0.2) is 0 Å². The number of rotatable bonds is 10. The van der Waals surface area contributed by atoms with Crippen LogP contribution in [0.1, 0.15) is 23.7 Å². The average Bonchev–Trinajstić information content (AvgIpc) is 2.71. The van der Waals surface area contributed by atoms with Gasteiger partial charge in [0.2, 0.25) is 11.8 Å². The van der Waals surface area contributed by atoms with Gasteiger partial charge in [-0.1, -0.05) is 0 Å². The molecule has 0 saturated heterocycles. The molecule has 0 unspecified atom stereocenters. The molecule has 8 heteroatoms. The van der Waals surface area contributed by atoms with Crippen molar-refractivity contribution in [2.45, 2.75) is 13.3 Å². The van der Waals surface area contributed by atoms with Crippen LogP contribution in [0.15, 0.2) is 48.5 Å². The number of hydrogen-bond donors (Lipinski definition) is 4. The minimum Gasteiger partial charge on any atom is -0.385 e. The van der Waals surface area contributed by atoms with Crippen LogP contribution >= 0.6 is 0 Å². The molecule has 2 rings (SSSR count). The summed E-state index contributed by atoms with van der Waals surface area (Å²) < 4.78 is 4.94. The monoisotopic (exact) mass is 398 g/mol. The van der Waals surface area contributed by atoms with Crippen molar-refractivity contribution in [2.75, 3.05) is 42.8 Å². The van der Waals surface area contributed by atoms with Crippen LogP contribution in [-0.2, 0) is 14.3 Å². The fraction of sp³-hybridized carbons (Fsp3) is 0.286. The van der Waals surface area contributed by atoms with Crippen molar-refractivity contribution in [3.63, 3.8) is 0 Å². The number of anilines is 3. The fourth-order valence-corrected chi connectivity index (χ4v) is 2.49. The van der Waals surface area contributed by atoms with Crippen molar-refractivity contribution in [3.05, 3.63) is 54.1 Å².